The molecule has 0 aromatic rings. The van der Waals surface area contributed by atoms with Gasteiger partial charge in [0.15, 0.2) is 0 Å². The van der Waals surface area contributed by atoms with Crippen molar-refractivity contribution in [2.45, 2.75) is 84.2 Å². The van der Waals surface area contributed by atoms with Crippen molar-refractivity contribution in [3.8, 4) is 0 Å². The van der Waals surface area contributed by atoms with Crippen LogP contribution in [0.15, 0.2) is 0 Å². The van der Waals surface area contributed by atoms with Crippen molar-refractivity contribution in [2.24, 2.45) is 11.3 Å². The third-order valence-electron chi connectivity index (χ3n) is 5.01. The van der Waals surface area contributed by atoms with Gasteiger partial charge < -0.3 is 4.90 Å². The van der Waals surface area contributed by atoms with Gasteiger partial charge in [-0.2, -0.15) is 0 Å². The third kappa shape index (κ3) is 3.47. The topological polar surface area (TPSA) is 3.24 Å². The van der Waals surface area contributed by atoms with Crippen molar-refractivity contribution in [1.82, 2.24) is 4.90 Å². The van der Waals surface area contributed by atoms with Gasteiger partial charge in [-0.25, -0.2) is 0 Å². The maximum atomic E-state index is 2.73. The van der Waals surface area contributed by atoms with Crippen LogP contribution in [0.3, 0.4) is 0 Å². The van der Waals surface area contributed by atoms with Crippen LogP contribution in [0.5, 0.6) is 0 Å². The predicted molar refractivity (Wildman–Crippen MR) is 75.2 cm³/mol. The van der Waals surface area contributed by atoms with Crippen LogP contribution in [0.1, 0.15) is 72.1 Å². The minimum absolute atomic E-state index is 0.518. The standard InChI is InChI=1S/C16H31N/c1-16(2,3)11-7-9-14-12-13-8-5-6-10-15(13)17(14)4/h13-15H,5-12H2,1-4H3. The van der Waals surface area contributed by atoms with E-state index < -0.39 is 0 Å². The molecule has 0 amide bonds. The number of nitrogens with zero attached hydrogens (tertiary/aromatic N) is 1. The lowest BCUT2D eigenvalue weighted by Crippen LogP contribution is -2.35. The molecule has 1 saturated carbocycles. The first kappa shape index (κ1) is 13.4. The van der Waals surface area contributed by atoms with Gasteiger partial charge in [0.2, 0.25) is 0 Å². The van der Waals surface area contributed by atoms with Crippen LogP contribution < -0.4 is 0 Å². The van der Waals surface area contributed by atoms with E-state index in [0.717, 1.165) is 18.0 Å². The fourth-order valence-electron chi connectivity index (χ4n) is 3.98. The lowest BCUT2D eigenvalue weighted by atomic mass is 9.84. The monoisotopic (exact) mass is 237 g/mol. The average Bonchev–Trinajstić information content (AvgIpc) is 2.55. The first-order valence-electron chi connectivity index (χ1n) is 7.69. The second kappa shape index (κ2) is 5.30. The summed E-state index contributed by atoms with van der Waals surface area (Å²) in [7, 11) is 2.39. The molecule has 0 aromatic carbocycles. The predicted octanol–water partition coefficient (Wildman–Crippen LogP) is 4.47. The summed E-state index contributed by atoms with van der Waals surface area (Å²) in [6.07, 6.45) is 11.7. The maximum absolute atomic E-state index is 2.73. The number of likely N-dealkylation sites (tertiary alicyclic amines) is 1. The highest BCUT2D eigenvalue weighted by molar-refractivity contribution is 4.94. The number of hydrogen-bond acceptors (Lipinski definition) is 1. The highest BCUT2D eigenvalue weighted by Crippen LogP contribution is 2.40. The zero-order valence-corrected chi connectivity index (χ0v) is 12.3. The lowest BCUT2D eigenvalue weighted by Gasteiger charge is -2.31. The molecule has 1 aliphatic heterocycles. The Labute approximate surface area is 108 Å². The van der Waals surface area contributed by atoms with E-state index in [1.54, 1.807) is 0 Å². The molecule has 100 valence electrons. The Balaban J connectivity index is 1.78. The van der Waals surface area contributed by atoms with Crippen molar-refractivity contribution in [1.29, 1.82) is 0 Å². The van der Waals surface area contributed by atoms with Crippen molar-refractivity contribution >= 4 is 0 Å². The molecule has 0 aromatic heterocycles. The SMILES string of the molecule is CN1C(CCCC(C)(C)C)CC2CCCCC21. The van der Waals surface area contributed by atoms with Gasteiger partial charge >= 0.3 is 0 Å². The summed E-state index contributed by atoms with van der Waals surface area (Å²) in [5.74, 6) is 1.04. The summed E-state index contributed by atoms with van der Waals surface area (Å²) in [5.41, 5.74) is 0.518. The maximum Gasteiger partial charge on any atom is 0.0124 e. The highest BCUT2D eigenvalue weighted by Gasteiger charge is 2.39. The summed E-state index contributed by atoms with van der Waals surface area (Å²) < 4.78 is 0. The molecule has 1 aliphatic carbocycles. The summed E-state index contributed by atoms with van der Waals surface area (Å²) >= 11 is 0. The Morgan fingerprint density at radius 3 is 2.47 bits per heavy atom. The molecule has 1 nitrogen and oxygen atoms in total. The Kier molecular flexibility index (Phi) is 4.18. The summed E-state index contributed by atoms with van der Waals surface area (Å²) in [4.78, 5) is 2.73. The van der Waals surface area contributed by atoms with Crippen molar-refractivity contribution in [3.05, 3.63) is 0 Å². The van der Waals surface area contributed by atoms with E-state index in [1.807, 2.05) is 0 Å². The van der Waals surface area contributed by atoms with Crippen LogP contribution in [0.25, 0.3) is 0 Å². The van der Waals surface area contributed by atoms with E-state index in [9.17, 15) is 0 Å². The lowest BCUT2D eigenvalue weighted by molar-refractivity contribution is 0.178. The zero-order chi connectivity index (χ0) is 12.5. The minimum atomic E-state index is 0.518. The number of rotatable bonds is 3. The van der Waals surface area contributed by atoms with Crippen LogP contribution in [0.4, 0.5) is 0 Å². The molecule has 3 unspecified atom stereocenters. The molecule has 0 N–H and O–H groups in total. The molecule has 0 radical (unpaired) electrons. The van der Waals surface area contributed by atoms with Gasteiger partial charge in [0.05, 0.1) is 0 Å². The van der Waals surface area contributed by atoms with Crippen molar-refractivity contribution in [2.75, 3.05) is 7.05 Å². The second-order valence-corrected chi connectivity index (χ2v) is 7.62. The fourth-order valence-corrected chi connectivity index (χ4v) is 3.98. The molecule has 17 heavy (non-hydrogen) atoms. The van der Waals surface area contributed by atoms with Gasteiger partial charge in [-0.05, 0) is 50.5 Å². The molecule has 0 bridgehead atoms. The van der Waals surface area contributed by atoms with Crippen molar-refractivity contribution in [3.63, 3.8) is 0 Å². The Bertz CT molecular complexity index is 240. The molecule has 1 heterocycles. The van der Waals surface area contributed by atoms with E-state index in [0.29, 0.717) is 5.41 Å². The smallest absolute Gasteiger partial charge is 0.0124 e. The molecule has 2 fully saturated rings. The van der Waals surface area contributed by atoms with Crippen LogP contribution in [-0.4, -0.2) is 24.0 Å². The molecular formula is C16H31N. The zero-order valence-electron chi connectivity index (χ0n) is 12.3. The summed E-state index contributed by atoms with van der Waals surface area (Å²) in [5, 5.41) is 0. The summed E-state index contributed by atoms with van der Waals surface area (Å²) in [6.45, 7) is 7.10. The van der Waals surface area contributed by atoms with E-state index in [-0.39, 0.29) is 0 Å². The largest absolute Gasteiger partial charge is 0.300 e. The Hall–Kier alpha value is -0.0400. The quantitative estimate of drug-likeness (QED) is 0.700. The van der Waals surface area contributed by atoms with Crippen LogP contribution >= 0.6 is 0 Å². The fraction of sp³-hybridized carbons (Fsp3) is 1.00. The second-order valence-electron chi connectivity index (χ2n) is 7.62. The third-order valence-corrected chi connectivity index (χ3v) is 5.01. The normalized spacial score (nSPS) is 34.9. The minimum Gasteiger partial charge on any atom is -0.300 e. The van der Waals surface area contributed by atoms with Gasteiger partial charge in [0.25, 0.3) is 0 Å². The Morgan fingerprint density at radius 1 is 1.12 bits per heavy atom. The molecule has 2 aliphatic rings. The molecule has 1 saturated heterocycles. The van der Waals surface area contributed by atoms with Crippen molar-refractivity contribution < 1.29 is 0 Å². The van der Waals surface area contributed by atoms with Gasteiger partial charge in [-0.15, -0.1) is 0 Å². The molecule has 0 spiro atoms. The molecule has 3 atom stereocenters. The average molecular weight is 237 g/mol. The number of hydrogen-bond donors (Lipinski definition) is 0. The summed E-state index contributed by atoms with van der Waals surface area (Å²) in [6, 6.07) is 1.83. The van der Waals surface area contributed by atoms with E-state index >= 15 is 0 Å². The molecule has 2 rings (SSSR count). The van der Waals surface area contributed by atoms with E-state index in [4.69, 9.17) is 0 Å². The molecular weight excluding hydrogens is 206 g/mol. The number of fused-ring (bicyclic) bond motifs is 1. The Morgan fingerprint density at radius 2 is 1.82 bits per heavy atom. The van der Waals surface area contributed by atoms with Gasteiger partial charge in [0.1, 0.15) is 0 Å². The van der Waals surface area contributed by atoms with Gasteiger partial charge in [0, 0.05) is 12.1 Å². The van der Waals surface area contributed by atoms with Crippen LogP contribution in [0, 0.1) is 11.3 Å². The highest BCUT2D eigenvalue weighted by atomic mass is 15.2. The van der Waals surface area contributed by atoms with Gasteiger partial charge in [-0.1, -0.05) is 40.0 Å². The first-order valence-corrected chi connectivity index (χ1v) is 7.69. The van der Waals surface area contributed by atoms with Crippen LogP contribution in [0.2, 0.25) is 0 Å². The molecule has 1 heteroatoms. The van der Waals surface area contributed by atoms with Crippen LogP contribution in [-0.2, 0) is 0 Å². The van der Waals surface area contributed by atoms with Gasteiger partial charge in [-0.3, -0.25) is 0 Å². The first-order chi connectivity index (χ1) is 7.97. The van der Waals surface area contributed by atoms with E-state index in [1.165, 1.54) is 51.4 Å². The van der Waals surface area contributed by atoms with E-state index in [2.05, 4.69) is 32.7 Å².